The van der Waals surface area contributed by atoms with Crippen molar-refractivity contribution in [2.45, 2.75) is 13.3 Å². The lowest BCUT2D eigenvalue weighted by atomic mass is 9.68. The minimum Gasteiger partial charge on any atom is -0.423 e. The zero-order valence-corrected chi connectivity index (χ0v) is 12.3. The van der Waals surface area contributed by atoms with Gasteiger partial charge in [-0.15, -0.1) is 5.10 Å². The zero-order chi connectivity index (χ0) is 15.3. The molecule has 1 aromatic carbocycles. The highest BCUT2D eigenvalue weighted by Crippen LogP contribution is 2.38. The molecule has 1 aliphatic carbocycles. The summed E-state index contributed by atoms with van der Waals surface area (Å²) in [5.74, 6) is 0.707. The number of nitrogens with two attached hydrogens (primary N) is 1. The summed E-state index contributed by atoms with van der Waals surface area (Å²) in [5.41, 5.74) is 9.81. The molecule has 1 saturated heterocycles. The molecular formula is C16H16BN3O2. The van der Waals surface area contributed by atoms with Crippen molar-refractivity contribution in [3.8, 4) is 0 Å². The second kappa shape index (κ2) is 4.93. The normalized spacial score (nSPS) is 20.8. The lowest BCUT2D eigenvalue weighted by Crippen LogP contribution is -2.17. The Morgan fingerprint density at radius 3 is 3.05 bits per heavy atom. The van der Waals surface area contributed by atoms with Gasteiger partial charge in [0.05, 0.1) is 5.69 Å². The van der Waals surface area contributed by atoms with Crippen LogP contribution in [0.1, 0.15) is 17.7 Å². The number of nitrogen functional groups attached to an aromatic ring is 1. The Balaban J connectivity index is 1.93. The fourth-order valence-electron chi connectivity index (χ4n) is 3.32. The van der Waals surface area contributed by atoms with Crippen LogP contribution in [0.15, 0.2) is 35.8 Å². The topological polar surface area (TPSA) is 81.3 Å². The predicted octanol–water partition coefficient (Wildman–Crippen LogP) is 1.90. The maximum absolute atomic E-state index is 10.1. The Morgan fingerprint density at radius 2 is 2.18 bits per heavy atom. The van der Waals surface area contributed by atoms with Gasteiger partial charge in [0.1, 0.15) is 0 Å². The Morgan fingerprint density at radius 1 is 1.32 bits per heavy atom. The molecule has 2 aliphatic rings. The molecule has 5 nitrogen and oxygen atoms in total. The zero-order valence-electron chi connectivity index (χ0n) is 12.3. The number of rotatable bonds is 1. The highest BCUT2D eigenvalue weighted by atomic mass is 16.5. The van der Waals surface area contributed by atoms with Crippen LogP contribution in [0, 0.1) is 12.8 Å². The van der Waals surface area contributed by atoms with Gasteiger partial charge < -0.3 is 15.4 Å². The molecular weight excluding hydrogens is 277 g/mol. The summed E-state index contributed by atoms with van der Waals surface area (Å²) in [5, 5.41) is 20.1. The summed E-state index contributed by atoms with van der Waals surface area (Å²) in [6.07, 6.45) is 5.13. The first-order valence-electron chi connectivity index (χ1n) is 7.38. The molecule has 6 heteroatoms. The van der Waals surface area contributed by atoms with Crippen LogP contribution in [0.4, 0.5) is 5.82 Å². The highest BCUT2D eigenvalue weighted by Gasteiger charge is 2.37. The van der Waals surface area contributed by atoms with Gasteiger partial charge in [-0.3, -0.25) is 0 Å². The van der Waals surface area contributed by atoms with Gasteiger partial charge in [0.2, 0.25) is 0 Å². The van der Waals surface area contributed by atoms with Crippen LogP contribution in [-0.4, -0.2) is 28.9 Å². The van der Waals surface area contributed by atoms with Crippen LogP contribution in [-0.2, 0) is 4.65 Å². The number of hydrogen-bond donors (Lipinski definition) is 2. The van der Waals surface area contributed by atoms with E-state index in [0.717, 1.165) is 39.5 Å². The maximum atomic E-state index is 10.1. The van der Waals surface area contributed by atoms with Gasteiger partial charge in [-0.1, -0.05) is 18.2 Å². The second-order valence-electron chi connectivity index (χ2n) is 5.82. The monoisotopic (exact) mass is 293 g/mol. The maximum Gasteiger partial charge on any atom is 0.487 e. The lowest BCUT2D eigenvalue weighted by molar-refractivity contribution is 0.275. The van der Waals surface area contributed by atoms with Gasteiger partial charge in [-0.2, -0.15) is 5.10 Å². The molecule has 1 unspecified atom stereocenters. The number of fused-ring (bicyclic) bond motifs is 2. The minimum absolute atomic E-state index is 0.271. The molecule has 0 amide bonds. The van der Waals surface area contributed by atoms with E-state index in [4.69, 9.17) is 10.4 Å². The van der Waals surface area contributed by atoms with Crippen LogP contribution in [0.25, 0.3) is 16.3 Å². The molecule has 1 aliphatic heterocycles. The molecule has 0 radical (unpaired) electrons. The molecule has 0 spiro atoms. The van der Waals surface area contributed by atoms with E-state index in [2.05, 4.69) is 28.4 Å². The predicted molar refractivity (Wildman–Crippen MR) is 86.8 cm³/mol. The summed E-state index contributed by atoms with van der Waals surface area (Å²) >= 11 is 0. The molecule has 2 heterocycles. The molecule has 4 rings (SSSR count). The Hall–Kier alpha value is -2.18. The average Bonchev–Trinajstić information content (AvgIpc) is 2.92. The van der Waals surface area contributed by atoms with Crippen LogP contribution in [0.2, 0.25) is 0 Å². The number of benzene rings is 1. The Kier molecular flexibility index (Phi) is 3.02. The van der Waals surface area contributed by atoms with E-state index < -0.39 is 7.12 Å². The highest BCUT2D eigenvalue weighted by molar-refractivity contribution is 6.55. The van der Waals surface area contributed by atoms with Crippen molar-refractivity contribution in [1.82, 2.24) is 10.2 Å². The molecule has 2 aromatic rings. The van der Waals surface area contributed by atoms with Gasteiger partial charge in [-0.05, 0) is 42.1 Å². The van der Waals surface area contributed by atoms with Gasteiger partial charge in [-0.25, -0.2) is 0 Å². The summed E-state index contributed by atoms with van der Waals surface area (Å²) in [6, 6.07) is 6.05. The number of hydrogen-bond acceptors (Lipinski definition) is 5. The Bertz CT molecular complexity index is 831. The molecule has 0 saturated carbocycles. The largest absolute Gasteiger partial charge is 0.487 e. The van der Waals surface area contributed by atoms with Crippen molar-refractivity contribution in [2.24, 2.45) is 5.92 Å². The smallest absolute Gasteiger partial charge is 0.423 e. The second-order valence-corrected chi connectivity index (χ2v) is 5.82. The molecule has 110 valence electrons. The summed E-state index contributed by atoms with van der Waals surface area (Å²) in [6.45, 7) is 2.50. The third kappa shape index (κ3) is 1.95. The standard InChI is InChI=1S/C16H16BN3O2/c1-9-14-7-10(5-6-13(14)16(18)20-19-9)12-4-2-3-11-8-22-17(21)15(11)12/h2,4-7,11,21H,3,8H2,1H3,(H2,18,20). The minimum atomic E-state index is -0.803. The molecule has 1 atom stereocenters. The third-order valence-corrected chi connectivity index (χ3v) is 4.48. The van der Waals surface area contributed by atoms with Crippen molar-refractivity contribution in [3.63, 3.8) is 0 Å². The van der Waals surface area contributed by atoms with Crippen molar-refractivity contribution >= 4 is 29.3 Å². The van der Waals surface area contributed by atoms with Gasteiger partial charge in [0, 0.05) is 23.3 Å². The van der Waals surface area contributed by atoms with Crippen molar-refractivity contribution in [2.75, 3.05) is 12.3 Å². The Labute approximate surface area is 128 Å². The quantitative estimate of drug-likeness (QED) is 0.785. The number of aryl methyl sites for hydroxylation is 1. The summed E-state index contributed by atoms with van der Waals surface area (Å²) in [4.78, 5) is 0. The van der Waals surface area contributed by atoms with Crippen molar-refractivity contribution in [3.05, 3.63) is 47.1 Å². The van der Waals surface area contributed by atoms with Crippen LogP contribution in [0.5, 0.6) is 0 Å². The van der Waals surface area contributed by atoms with Gasteiger partial charge >= 0.3 is 7.12 Å². The molecule has 1 aromatic heterocycles. The lowest BCUT2D eigenvalue weighted by Gasteiger charge is -2.18. The third-order valence-electron chi connectivity index (χ3n) is 4.48. The first kappa shape index (κ1) is 13.5. The fourth-order valence-corrected chi connectivity index (χ4v) is 3.32. The summed E-state index contributed by atoms with van der Waals surface area (Å²) < 4.78 is 5.40. The first-order valence-corrected chi connectivity index (χ1v) is 7.38. The van der Waals surface area contributed by atoms with Gasteiger partial charge in [0.15, 0.2) is 5.82 Å². The van der Waals surface area contributed by atoms with E-state index in [1.807, 2.05) is 19.1 Å². The molecule has 3 N–H and O–H groups in total. The SMILES string of the molecule is Cc1nnc(N)c2ccc(C3=C4B(O)OCC4CC=C3)cc12. The van der Waals surface area contributed by atoms with Crippen LogP contribution < -0.4 is 5.73 Å². The molecule has 1 fully saturated rings. The number of allylic oxidation sites excluding steroid dienone is 3. The molecule has 22 heavy (non-hydrogen) atoms. The van der Waals surface area contributed by atoms with E-state index in [9.17, 15) is 5.02 Å². The summed E-state index contributed by atoms with van der Waals surface area (Å²) in [7, 11) is -0.803. The van der Waals surface area contributed by atoms with Crippen LogP contribution in [0.3, 0.4) is 0 Å². The average molecular weight is 293 g/mol. The van der Waals surface area contributed by atoms with E-state index in [-0.39, 0.29) is 5.92 Å². The van der Waals surface area contributed by atoms with E-state index in [1.165, 1.54) is 0 Å². The van der Waals surface area contributed by atoms with Crippen molar-refractivity contribution < 1.29 is 9.68 Å². The van der Waals surface area contributed by atoms with Gasteiger partial charge in [0.25, 0.3) is 0 Å². The number of aromatic nitrogens is 2. The number of nitrogens with zero attached hydrogens (tertiary/aromatic N) is 2. The fraction of sp³-hybridized carbons (Fsp3) is 0.250. The number of anilines is 1. The van der Waals surface area contributed by atoms with Crippen molar-refractivity contribution in [1.29, 1.82) is 0 Å². The van der Waals surface area contributed by atoms with E-state index >= 15 is 0 Å². The van der Waals surface area contributed by atoms with Crippen LogP contribution >= 0.6 is 0 Å². The van der Waals surface area contributed by atoms with E-state index in [0.29, 0.717) is 12.4 Å². The van der Waals surface area contributed by atoms with E-state index in [1.54, 1.807) is 0 Å². The molecule has 0 bridgehead atoms. The first-order chi connectivity index (χ1) is 10.6.